The zero-order chi connectivity index (χ0) is 28.4. The summed E-state index contributed by atoms with van der Waals surface area (Å²) in [5, 5.41) is 0. The van der Waals surface area contributed by atoms with Gasteiger partial charge < -0.3 is 5.73 Å². The average Bonchev–Trinajstić information content (AvgIpc) is 2.95. The van der Waals surface area contributed by atoms with E-state index in [1.807, 2.05) is 12.2 Å². The molecule has 0 spiro atoms. The maximum Gasteiger partial charge on any atom is 0.155 e. The summed E-state index contributed by atoms with van der Waals surface area (Å²) in [6.45, 7) is 4.65. The van der Waals surface area contributed by atoms with Crippen molar-refractivity contribution in [1.29, 1.82) is 0 Å². The second-order valence-corrected chi connectivity index (χ2v) is 11.7. The largest absolute Gasteiger partial charge is 0.330 e. The van der Waals surface area contributed by atoms with E-state index in [0.717, 1.165) is 56.5 Å². The Hall–Kier alpha value is -1.72. The normalized spacial score (nSPS) is 13.5. The van der Waals surface area contributed by atoms with Gasteiger partial charge in [-0.2, -0.15) is 0 Å². The van der Waals surface area contributed by atoms with Crippen molar-refractivity contribution in [2.24, 2.45) is 5.73 Å². The summed E-state index contributed by atoms with van der Waals surface area (Å²) < 4.78 is 16.1. The monoisotopic (exact) mass is 573 g/mol. The first kappa shape index (κ1) is 35.3. The number of hydrogen-bond acceptors (Lipinski definition) is 3. The molecule has 1 aromatic rings. The Bertz CT molecular complexity index is 886. The predicted octanol–water partition coefficient (Wildman–Crippen LogP) is 9.72. The van der Waals surface area contributed by atoms with Crippen molar-refractivity contribution in [3.05, 3.63) is 83.5 Å². The molecule has 1 atom stereocenters. The van der Waals surface area contributed by atoms with Crippen LogP contribution in [0.1, 0.15) is 101 Å². The highest BCUT2D eigenvalue weighted by atomic mass is 35.5. The number of unbranched alkanes of at least 4 members (excludes halogenated alkanes) is 9. The fourth-order valence-corrected chi connectivity index (χ4v) is 5.11. The molecule has 3 nitrogen and oxygen atoms in total. The standard InChI is InChI=1S/C34H52ClNO2S/c1-3-17-31(18-11-5-4-10-16-29-39(37)38-2)21-22-32-23-25-34(26-24-32)30-33(19-12-6-8-14-27-35)20-13-7-9-15-28-36/h3,11,17-18,21-26,30H,1,4-10,12-16,19-20,27-29,36H2,2H3/b18-11-,22-21+,31-17+,33-30?. The fourth-order valence-electron chi connectivity index (χ4n) is 4.32. The Kier molecular flexibility index (Phi) is 22.9. The number of halogens is 1. The van der Waals surface area contributed by atoms with E-state index in [4.69, 9.17) is 21.5 Å². The molecule has 1 rings (SSSR count). The summed E-state index contributed by atoms with van der Waals surface area (Å²) in [6, 6.07) is 8.84. The molecule has 0 saturated heterocycles. The van der Waals surface area contributed by atoms with Crippen LogP contribution < -0.4 is 5.73 Å². The summed E-state index contributed by atoms with van der Waals surface area (Å²) in [4.78, 5) is 0. The molecule has 0 heterocycles. The van der Waals surface area contributed by atoms with E-state index < -0.39 is 11.1 Å². The van der Waals surface area contributed by atoms with Crippen LogP contribution in [0.5, 0.6) is 0 Å². The van der Waals surface area contributed by atoms with E-state index in [1.165, 1.54) is 69.6 Å². The lowest BCUT2D eigenvalue weighted by atomic mass is 9.97. The number of allylic oxidation sites excluding steroid dienone is 7. The van der Waals surface area contributed by atoms with Gasteiger partial charge in [-0.3, -0.25) is 4.18 Å². The SMILES string of the molecule is C=C/C=C(\C=C/CCCCCS(=O)OC)/C=C/c1ccc(C=C(CCCCCCN)CCCCCCCl)cc1. The Morgan fingerprint density at radius 2 is 1.54 bits per heavy atom. The smallest absolute Gasteiger partial charge is 0.155 e. The van der Waals surface area contributed by atoms with Crippen molar-refractivity contribution >= 4 is 34.8 Å². The van der Waals surface area contributed by atoms with Crippen LogP contribution in [0.2, 0.25) is 0 Å². The number of benzene rings is 1. The number of hydrogen-bond donors (Lipinski definition) is 1. The lowest BCUT2D eigenvalue weighted by molar-refractivity contribution is 0.444. The summed E-state index contributed by atoms with van der Waals surface area (Å²) in [6.07, 6.45) is 31.0. The minimum Gasteiger partial charge on any atom is -0.330 e. The van der Waals surface area contributed by atoms with Crippen LogP contribution >= 0.6 is 11.6 Å². The molecule has 1 aromatic carbocycles. The molecule has 39 heavy (non-hydrogen) atoms. The van der Waals surface area contributed by atoms with Gasteiger partial charge in [0.25, 0.3) is 0 Å². The highest BCUT2D eigenvalue weighted by molar-refractivity contribution is 7.80. The van der Waals surface area contributed by atoms with Gasteiger partial charge >= 0.3 is 0 Å². The summed E-state index contributed by atoms with van der Waals surface area (Å²) in [5.41, 5.74) is 10.8. The average molecular weight is 574 g/mol. The minimum absolute atomic E-state index is 0.616. The highest BCUT2D eigenvalue weighted by Gasteiger charge is 2.01. The first-order valence-corrected chi connectivity index (χ1v) is 16.6. The van der Waals surface area contributed by atoms with Gasteiger partial charge in [0.05, 0.1) is 7.11 Å². The molecule has 0 aromatic heterocycles. The molecular formula is C34H52ClNO2S. The molecule has 0 amide bonds. The van der Waals surface area contributed by atoms with Crippen molar-refractivity contribution in [1.82, 2.24) is 0 Å². The molecule has 5 heteroatoms. The van der Waals surface area contributed by atoms with Crippen LogP contribution in [0.4, 0.5) is 0 Å². The van der Waals surface area contributed by atoms with Gasteiger partial charge in [-0.1, -0.05) is 111 Å². The van der Waals surface area contributed by atoms with Crippen molar-refractivity contribution in [2.45, 2.75) is 89.9 Å². The predicted molar refractivity (Wildman–Crippen MR) is 175 cm³/mol. The lowest BCUT2D eigenvalue weighted by Crippen LogP contribution is -1.98. The van der Waals surface area contributed by atoms with Crippen molar-refractivity contribution in [2.75, 3.05) is 25.3 Å². The van der Waals surface area contributed by atoms with Crippen LogP contribution in [0.25, 0.3) is 12.2 Å². The van der Waals surface area contributed by atoms with Gasteiger partial charge in [0.1, 0.15) is 0 Å². The van der Waals surface area contributed by atoms with E-state index in [2.05, 4.69) is 61.2 Å². The Morgan fingerprint density at radius 3 is 2.18 bits per heavy atom. The molecule has 1 unspecified atom stereocenters. The lowest BCUT2D eigenvalue weighted by Gasteiger charge is -2.09. The fraction of sp³-hybridized carbons (Fsp3) is 0.529. The zero-order valence-corrected chi connectivity index (χ0v) is 25.8. The molecular weight excluding hydrogens is 522 g/mol. The van der Waals surface area contributed by atoms with Crippen molar-refractivity contribution in [3.63, 3.8) is 0 Å². The van der Waals surface area contributed by atoms with E-state index in [9.17, 15) is 4.21 Å². The van der Waals surface area contributed by atoms with Crippen molar-refractivity contribution < 1.29 is 8.39 Å². The molecule has 0 saturated carbocycles. The van der Waals surface area contributed by atoms with Crippen LogP contribution in [0, 0.1) is 0 Å². The maximum absolute atomic E-state index is 11.3. The molecule has 0 fully saturated rings. The van der Waals surface area contributed by atoms with Gasteiger partial charge in [0.15, 0.2) is 11.1 Å². The Morgan fingerprint density at radius 1 is 0.897 bits per heavy atom. The molecule has 218 valence electrons. The number of alkyl halides is 1. The third-order valence-electron chi connectivity index (χ3n) is 6.60. The third kappa shape index (κ3) is 19.9. The Labute approximate surface area is 247 Å². The van der Waals surface area contributed by atoms with E-state index in [1.54, 1.807) is 5.57 Å². The zero-order valence-electron chi connectivity index (χ0n) is 24.3. The molecule has 0 bridgehead atoms. The molecule has 0 aliphatic carbocycles. The topological polar surface area (TPSA) is 52.3 Å². The quantitative estimate of drug-likeness (QED) is 0.0760. The van der Waals surface area contributed by atoms with Gasteiger partial charge in [0, 0.05) is 11.6 Å². The first-order chi connectivity index (χ1) is 19.1. The molecule has 2 N–H and O–H groups in total. The van der Waals surface area contributed by atoms with Crippen LogP contribution in [0.3, 0.4) is 0 Å². The maximum atomic E-state index is 11.3. The summed E-state index contributed by atoms with van der Waals surface area (Å²) >= 11 is 4.70. The molecule has 0 aliphatic rings. The summed E-state index contributed by atoms with van der Waals surface area (Å²) in [5.74, 6) is 1.39. The highest BCUT2D eigenvalue weighted by Crippen LogP contribution is 2.21. The van der Waals surface area contributed by atoms with Crippen LogP contribution in [-0.2, 0) is 15.3 Å². The van der Waals surface area contributed by atoms with Crippen molar-refractivity contribution in [3.8, 4) is 0 Å². The molecule has 0 aliphatic heterocycles. The third-order valence-corrected chi connectivity index (χ3v) is 7.86. The van der Waals surface area contributed by atoms with Gasteiger partial charge in [-0.15, -0.1) is 11.6 Å². The van der Waals surface area contributed by atoms with E-state index in [-0.39, 0.29) is 0 Å². The van der Waals surface area contributed by atoms with E-state index in [0.29, 0.717) is 5.75 Å². The Balaban J connectivity index is 2.66. The van der Waals surface area contributed by atoms with Gasteiger partial charge in [-0.25, -0.2) is 4.21 Å². The van der Waals surface area contributed by atoms with Crippen LogP contribution in [-0.4, -0.2) is 29.5 Å². The number of nitrogens with two attached hydrogens (primary N) is 1. The molecule has 0 radical (unpaired) electrons. The van der Waals surface area contributed by atoms with E-state index >= 15 is 0 Å². The second-order valence-electron chi connectivity index (χ2n) is 9.94. The first-order valence-electron chi connectivity index (χ1n) is 14.8. The summed E-state index contributed by atoms with van der Waals surface area (Å²) in [7, 11) is 1.49. The second kappa shape index (κ2) is 25.3. The van der Waals surface area contributed by atoms with Gasteiger partial charge in [0.2, 0.25) is 0 Å². The number of rotatable bonds is 24. The van der Waals surface area contributed by atoms with Gasteiger partial charge in [-0.05, 0) is 81.0 Å². The minimum atomic E-state index is -1.13. The van der Waals surface area contributed by atoms with Crippen LogP contribution in [0.15, 0.2) is 72.4 Å².